The van der Waals surface area contributed by atoms with Gasteiger partial charge in [0.2, 0.25) is 0 Å². The third kappa shape index (κ3) is 15.4. The summed E-state index contributed by atoms with van der Waals surface area (Å²) in [6.07, 6.45) is 16.0. The Labute approximate surface area is 404 Å². The Balaban J connectivity index is 0.788. The molecule has 0 spiro atoms. The lowest BCUT2D eigenvalue weighted by molar-refractivity contribution is 0.295. The van der Waals surface area contributed by atoms with Gasteiger partial charge in [0.25, 0.3) is 0 Å². The Kier molecular flexibility index (Phi) is 19.6. The highest BCUT2D eigenvalue weighted by molar-refractivity contribution is 5.81. The molecule has 68 heavy (non-hydrogen) atoms. The molecule has 0 aliphatic heterocycles. The van der Waals surface area contributed by atoms with Gasteiger partial charge in [-0.05, 0) is 120 Å². The molecule has 0 atom stereocenters. The van der Waals surface area contributed by atoms with E-state index in [1.165, 1.54) is 38.5 Å². The lowest BCUT2D eigenvalue weighted by atomic mass is 9.98. The summed E-state index contributed by atoms with van der Waals surface area (Å²) in [5.41, 5.74) is 10.1. The van der Waals surface area contributed by atoms with Crippen molar-refractivity contribution in [3.8, 4) is 79.6 Å². The SMILES string of the molecule is N#Cc1ccc(-c2ccc(OCCCCCCCCCOc3cc(-c4ccccc4)c(OCCCCCCCCCOc4ccc(-c5ccc(C#N)cc5)cc4)cc3-c3ccccc3)cc2)cc1. The van der Waals surface area contributed by atoms with Crippen molar-refractivity contribution in [3.05, 3.63) is 181 Å². The molecule has 0 saturated heterocycles. The van der Waals surface area contributed by atoms with Gasteiger partial charge < -0.3 is 18.9 Å². The summed E-state index contributed by atoms with van der Waals surface area (Å²) in [5, 5.41) is 18.1. The molecule has 0 aliphatic rings. The highest BCUT2D eigenvalue weighted by atomic mass is 16.5. The summed E-state index contributed by atoms with van der Waals surface area (Å²) in [6, 6.07) is 61.5. The van der Waals surface area contributed by atoms with E-state index in [1.807, 2.05) is 72.8 Å². The van der Waals surface area contributed by atoms with Gasteiger partial charge in [-0.3, -0.25) is 0 Å². The second-order valence-electron chi connectivity index (χ2n) is 17.3. The number of ether oxygens (including phenoxy) is 4. The number of nitrogens with zero attached hydrogens (tertiary/aromatic N) is 2. The second-order valence-corrected chi connectivity index (χ2v) is 17.3. The monoisotopic (exact) mass is 900 g/mol. The molecule has 0 aromatic heterocycles. The minimum Gasteiger partial charge on any atom is -0.494 e. The number of hydrogen-bond donors (Lipinski definition) is 0. The summed E-state index contributed by atoms with van der Waals surface area (Å²) < 4.78 is 25.2. The topological polar surface area (TPSA) is 84.5 Å². The molecule has 0 amide bonds. The molecule has 0 radical (unpaired) electrons. The first-order valence-electron chi connectivity index (χ1n) is 24.7. The first-order chi connectivity index (χ1) is 33.7. The molecule has 0 saturated carbocycles. The Morgan fingerprint density at radius 2 is 0.559 bits per heavy atom. The van der Waals surface area contributed by atoms with Crippen LogP contribution < -0.4 is 18.9 Å². The maximum absolute atomic E-state index is 9.05. The van der Waals surface area contributed by atoms with E-state index in [2.05, 4.69) is 109 Å². The minimum atomic E-state index is 0.670. The lowest BCUT2D eigenvalue weighted by Crippen LogP contribution is -2.03. The average Bonchev–Trinajstić information content (AvgIpc) is 3.40. The van der Waals surface area contributed by atoms with Crippen molar-refractivity contribution in [2.24, 2.45) is 0 Å². The summed E-state index contributed by atoms with van der Waals surface area (Å²) in [6.45, 7) is 2.80. The van der Waals surface area contributed by atoms with E-state index in [1.54, 1.807) is 0 Å². The van der Waals surface area contributed by atoms with E-state index in [0.29, 0.717) is 24.3 Å². The molecule has 0 aliphatic carbocycles. The van der Waals surface area contributed by atoms with Crippen LogP contribution in [-0.2, 0) is 0 Å². The molecule has 0 unspecified atom stereocenters. The first kappa shape index (κ1) is 48.6. The normalized spacial score (nSPS) is 10.8. The van der Waals surface area contributed by atoms with Gasteiger partial charge in [-0.15, -0.1) is 0 Å². The Morgan fingerprint density at radius 3 is 0.868 bits per heavy atom. The van der Waals surface area contributed by atoms with Crippen LogP contribution in [-0.4, -0.2) is 26.4 Å². The zero-order valence-corrected chi connectivity index (χ0v) is 39.4. The molecule has 6 nitrogen and oxygen atoms in total. The maximum atomic E-state index is 9.05. The molecule has 346 valence electrons. The molecule has 0 N–H and O–H groups in total. The fourth-order valence-electron chi connectivity index (χ4n) is 8.37. The van der Waals surface area contributed by atoms with Crippen LogP contribution >= 0.6 is 0 Å². The number of hydrogen-bond acceptors (Lipinski definition) is 6. The Hall–Kier alpha value is -7.28. The largest absolute Gasteiger partial charge is 0.494 e. The Morgan fingerprint density at radius 1 is 0.279 bits per heavy atom. The van der Waals surface area contributed by atoms with Crippen molar-refractivity contribution in [2.45, 2.75) is 89.9 Å². The highest BCUT2D eigenvalue weighted by Gasteiger charge is 2.16. The van der Waals surface area contributed by atoms with E-state index in [9.17, 15) is 0 Å². The van der Waals surface area contributed by atoms with Crippen molar-refractivity contribution in [1.82, 2.24) is 0 Å². The molecule has 0 fully saturated rings. The molecule has 0 heterocycles. The summed E-state index contributed by atoms with van der Waals surface area (Å²) in [4.78, 5) is 0. The first-order valence-corrected chi connectivity index (χ1v) is 24.7. The van der Waals surface area contributed by atoms with Gasteiger partial charge in [-0.1, -0.05) is 173 Å². The lowest BCUT2D eigenvalue weighted by Gasteiger charge is -2.18. The van der Waals surface area contributed by atoms with Crippen LogP contribution in [0.2, 0.25) is 0 Å². The van der Waals surface area contributed by atoms with Gasteiger partial charge in [0, 0.05) is 11.1 Å². The van der Waals surface area contributed by atoms with Crippen LogP contribution in [0.1, 0.15) is 101 Å². The number of unbranched alkanes of at least 4 members (excludes halogenated alkanes) is 12. The summed E-state index contributed by atoms with van der Waals surface area (Å²) in [7, 11) is 0. The molecule has 7 rings (SSSR count). The maximum Gasteiger partial charge on any atom is 0.128 e. The van der Waals surface area contributed by atoms with Crippen molar-refractivity contribution >= 4 is 0 Å². The fourth-order valence-corrected chi connectivity index (χ4v) is 8.37. The third-order valence-electron chi connectivity index (χ3n) is 12.3. The van der Waals surface area contributed by atoms with Crippen LogP contribution in [0.5, 0.6) is 23.0 Å². The van der Waals surface area contributed by atoms with E-state index >= 15 is 0 Å². The van der Waals surface area contributed by atoms with Crippen LogP contribution in [0.3, 0.4) is 0 Å². The molecule has 7 aromatic carbocycles. The molecule has 0 bridgehead atoms. The van der Waals surface area contributed by atoms with E-state index in [-0.39, 0.29) is 0 Å². The van der Waals surface area contributed by atoms with Gasteiger partial charge in [0.1, 0.15) is 23.0 Å². The van der Waals surface area contributed by atoms with Crippen molar-refractivity contribution in [2.75, 3.05) is 26.4 Å². The summed E-state index contributed by atoms with van der Waals surface area (Å²) in [5.74, 6) is 3.58. The summed E-state index contributed by atoms with van der Waals surface area (Å²) >= 11 is 0. The number of rotatable bonds is 28. The predicted molar refractivity (Wildman–Crippen MR) is 277 cm³/mol. The number of benzene rings is 7. The van der Waals surface area contributed by atoms with Crippen LogP contribution in [0.15, 0.2) is 170 Å². The highest BCUT2D eigenvalue weighted by Crippen LogP contribution is 2.41. The second kappa shape index (κ2) is 27.4. The van der Waals surface area contributed by atoms with Crippen molar-refractivity contribution in [1.29, 1.82) is 10.5 Å². The fraction of sp³-hybridized carbons (Fsp3) is 0.290. The molecule has 6 heteroatoms. The molecular weight excluding hydrogens is 837 g/mol. The smallest absolute Gasteiger partial charge is 0.128 e. The Bertz CT molecular complexity index is 2430. The average molecular weight is 901 g/mol. The zero-order chi connectivity index (χ0) is 46.9. The van der Waals surface area contributed by atoms with E-state index in [4.69, 9.17) is 29.5 Å². The number of nitriles is 2. The van der Waals surface area contributed by atoms with Gasteiger partial charge in [-0.2, -0.15) is 10.5 Å². The van der Waals surface area contributed by atoms with Crippen LogP contribution in [0.4, 0.5) is 0 Å². The minimum absolute atomic E-state index is 0.670. The van der Waals surface area contributed by atoms with Crippen LogP contribution in [0, 0.1) is 22.7 Å². The van der Waals surface area contributed by atoms with Crippen molar-refractivity contribution < 1.29 is 18.9 Å². The van der Waals surface area contributed by atoms with E-state index < -0.39 is 0 Å². The van der Waals surface area contributed by atoms with Gasteiger partial charge in [-0.25, -0.2) is 0 Å². The quantitative estimate of drug-likeness (QED) is 0.0455. The third-order valence-corrected chi connectivity index (χ3v) is 12.3. The van der Waals surface area contributed by atoms with E-state index in [0.717, 1.165) is 132 Å². The molecular formula is C62H64N2O4. The zero-order valence-electron chi connectivity index (χ0n) is 39.4. The standard InChI is InChI=1S/C62H64N2O4/c63-47-49-25-29-51(30-26-49)53-33-37-57(38-34-53)65-41-17-7-3-1-5-9-19-43-67-61-45-60(56-23-15-12-16-24-56)62(46-59(61)55-21-13-11-14-22-55)68-44-20-10-6-2-4-8-18-42-66-58-39-35-54(36-40-58)52-31-27-50(48-64)28-32-52/h11-16,21-40,45-46H,1-10,17-20,41-44H2. The predicted octanol–water partition coefficient (Wildman–Crippen LogP) is 16.5. The van der Waals surface area contributed by atoms with Gasteiger partial charge in [0.05, 0.1) is 49.7 Å². The van der Waals surface area contributed by atoms with Crippen molar-refractivity contribution in [3.63, 3.8) is 0 Å². The molecule has 7 aromatic rings. The van der Waals surface area contributed by atoms with Crippen LogP contribution in [0.25, 0.3) is 44.5 Å². The van der Waals surface area contributed by atoms with Gasteiger partial charge >= 0.3 is 0 Å². The van der Waals surface area contributed by atoms with Gasteiger partial charge in [0.15, 0.2) is 0 Å².